The van der Waals surface area contributed by atoms with Gasteiger partial charge < -0.3 is 14.2 Å². The number of nitriles is 1. The normalized spacial score (nSPS) is 7.63. The molecule has 0 aliphatic carbocycles. The lowest BCUT2D eigenvalue weighted by atomic mass is 10.2. The summed E-state index contributed by atoms with van der Waals surface area (Å²) in [6, 6.07) is 11.7. The fourth-order valence-corrected chi connectivity index (χ4v) is 1.34. The van der Waals surface area contributed by atoms with Crippen molar-refractivity contribution >= 4 is 24.0 Å². The molecule has 0 aliphatic rings. The molecule has 0 bridgehead atoms. The lowest BCUT2D eigenvalue weighted by Gasteiger charge is -1.97. The number of nitrogens with zero attached hydrogens (tertiary/aromatic N) is 1. The summed E-state index contributed by atoms with van der Waals surface area (Å²) in [6.45, 7) is 22.9. The van der Waals surface area contributed by atoms with Crippen molar-refractivity contribution in [3.63, 3.8) is 0 Å². The largest absolute Gasteiger partial charge is 0.466 e. The van der Waals surface area contributed by atoms with E-state index in [0.717, 1.165) is 18.9 Å². The van der Waals surface area contributed by atoms with Crippen LogP contribution in [-0.2, 0) is 28.6 Å². The maximum Gasteiger partial charge on any atom is 0.332 e. The highest BCUT2D eigenvalue weighted by Gasteiger charge is 1.95. The Morgan fingerprint density at radius 2 is 1.46 bits per heavy atom. The molecule has 0 N–H and O–H groups in total. The Morgan fingerprint density at radius 3 is 1.69 bits per heavy atom. The van der Waals surface area contributed by atoms with Gasteiger partial charge in [-0.1, -0.05) is 82.6 Å². The number of unbranched alkanes of at least 4 members (excludes halogenated alkanes) is 1. The first-order valence-corrected chi connectivity index (χ1v) is 10.7. The Morgan fingerprint density at radius 1 is 0.971 bits per heavy atom. The second-order valence-corrected chi connectivity index (χ2v) is 5.90. The molecule has 35 heavy (non-hydrogen) atoms. The van der Waals surface area contributed by atoms with Gasteiger partial charge in [-0.3, -0.25) is 0 Å². The molecule has 192 valence electrons. The van der Waals surface area contributed by atoms with Gasteiger partial charge in [0.2, 0.25) is 0 Å². The summed E-state index contributed by atoms with van der Waals surface area (Å²) in [6.07, 6.45) is 7.31. The third-order valence-electron chi connectivity index (χ3n) is 3.02. The molecule has 0 spiro atoms. The Bertz CT molecular complexity index is 789. The van der Waals surface area contributed by atoms with Gasteiger partial charge in [0.1, 0.15) is 0 Å². The molecule has 1 aromatic carbocycles. The molecule has 7 nitrogen and oxygen atoms in total. The number of hydrogen-bond acceptors (Lipinski definition) is 7. The molecular formula is C28H39NO6. The highest BCUT2D eigenvalue weighted by Crippen LogP contribution is 1.97. The fourth-order valence-electron chi connectivity index (χ4n) is 1.34. The Hall–Kier alpha value is -4.18. The summed E-state index contributed by atoms with van der Waals surface area (Å²) in [5, 5.41) is 7.51. The summed E-state index contributed by atoms with van der Waals surface area (Å²) in [5.41, 5.74) is 1.61. The lowest BCUT2D eigenvalue weighted by Crippen LogP contribution is -2.00. The highest BCUT2D eigenvalue weighted by atomic mass is 16.5. The lowest BCUT2D eigenvalue weighted by molar-refractivity contribution is -0.138. The monoisotopic (exact) mass is 485 g/mol. The highest BCUT2D eigenvalue weighted by molar-refractivity contribution is 5.86. The van der Waals surface area contributed by atoms with Gasteiger partial charge in [-0.2, -0.15) is 5.26 Å². The predicted molar refractivity (Wildman–Crippen MR) is 142 cm³/mol. The van der Waals surface area contributed by atoms with Crippen LogP contribution in [0.2, 0.25) is 0 Å². The smallest absolute Gasteiger partial charge is 0.332 e. The maximum absolute atomic E-state index is 10.3. The zero-order chi connectivity index (χ0) is 27.9. The molecule has 7 heteroatoms. The number of allylic oxidation sites excluding steroid dienone is 1. The second-order valence-electron chi connectivity index (χ2n) is 5.90. The molecule has 0 aliphatic heterocycles. The minimum absolute atomic E-state index is 0.330. The fraction of sp³-hybridized carbons (Fsp3) is 0.286. The van der Waals surface area contributed by atoms with E-state index in [9.17, 15) is 14.4 Å². The molecule has 0 heterocycles. The van der Waals surface area contributed by atoms with Crippen LogP contribution in [-0.4, -0.2) is 38.2 Å². The molecule has 0 saturated carbocycles. The molecule has 0 unspecified atom stereocenters. The third-order valence-corrected chi connectivity index (χ3v) is 3.02. The number of esters is 3. The van der Waals surface area contributed by atoms with Crippen molar-refractivity contribution in [2.45, 2.75) is 33.6 Å². The van der Waals surface area contributed by atoms with Crippen LogP contribution in [0.4, 0.5) is 0 Å². The minimum Gasteiger partial charge on any atom is -0.466 e. The van der Waals surface area contributed by atoms with Crippen molar-refractivity contribution in [1.82, 2.24) is 0 Å². The molecule has 0 saturated heterocycles. The Balaban J connectivity index is -0.000000175. The number of rotatable bonds is 8. The second kappa shape index (κ2) is 32.0. The molecule has 0 amide bonds. The van der Waals surface area contributed by atoms with Gasteiger partial charge in [-0.05, 0) is 25.8 Å². The zero-order valence-corrected chi connectivity index (χ0v) is 21.5. The molecule has 1 aromatic rings. The van der Waals surface area contributed by atoms with E-state index in [0.29, 0.717) is 18.8 Å². The summed E-state index contributed by atoms with van der Waals surface area (Å²) >= 11 is 0. The SMILES string of the molecule is C=C(C)C(=O)OC.C=CC#N.C=CC(=O)OCC.C=CC(=O)OCCCC.C=Cc1ccccc1. The average molecular weight is 486 g/mol. The van der Waals surface area contributed by atoms with Gasteiger partial charge in [0, 0.05) is 23.8 Å². The van der Waals surface area contributed by atoms with Crippen molar-refractivity contribution in [2.24, 2.45) is 0 Å². The first-order valence-electron chi connectivity index (χ1n) is 10.7. The molecule has 0 radical (unpaired) electrons. The van der Waals surface area contributed by atoms with Crippen LogP contribution in [0, 0.1) is 11.3 Å². The summed E-state index contributed by atoms with van der Waals surface area (Å²) < 4.78 is 13.4. The summed E-state index contributed by atoms with van der Waals surface area (Å²) in [5.74, 6) is -1.04. The quantitative estimate of drug-likeness (QED) is 0.146. The first-order chi connectivity index (χ1) is 16.6. The van der Waals surface area contributed by atoms with Crippen LogP contribution in [0.15, 0.2) is 87.0 Å². The number of carbonyl (C=O) groups excluding carboxylic acids is 3. The van der Waals surface area contributed by atoms with Crippen LogP contribution in [0.1, 0.15) is 39.2 Å². The van der Waals surface area contributed by atoms with E-state index in [2.05, 4.69) is 47.1 Å². The van der Waals surface area contributed by atoms with E-state index in [1.54, 1.807) is 19.9 Å². The van der Waals surface area contributed by atoms with E-state index in [4.69, 9.17) is 5.26 Å². The third kappa shape index (κ3) is 37.5. The van der Waals surface area contributed by atoms with Crippen molar-refractivity contribution in [3.05, 3.63) is 92.6 Å². The number of ether oxygens (including phenoxy) is 3. The zero-order valence-electron chi connectivity index (χ0n) is 21.5. The maximum atomic E-state index is 10.3. The molecule has 0 atom stereocenters. The van der Waals surface area contributed by atoms with Crippen LogP contribution in [0.3, 0.4) is 0 Å². The Kier molecular flexibility index (Phi) is 34.8. The van der Waals surface area contributed by atoms with E-state index in [1.165, 1.54) is 24.8 Å². The summed E-state index contributed by atoms with van der Waals surface area (Å²) in [4.78, 5) is 30.6. The topological polar surface area (TPSA) is 103 Å². The molecular weight excluding hydrogens is 446 g/mol. The van der Waals surface area contributed by atoms with Gasteiger partial charge >= 0.3 is 17.9 Å². The van der Waals surface area contributed by atoms with Crippen LogP contribution < -0.4 is 0 Å². The van der Waals surface area contributed by atoms with Gasteiger partial charge in [-0.25, -0.2) is 14.4 Å². The summed E-state index contributed by atoms with van der Waals surface area (Å²) in [7, 11) is 1.33. The van der Waals surface area contributed by atoms with E-state index >= 15 is 0 Å². The van der Waals surface area contributed by atoms with Crippen LogP contribution >= 0.6 is 0 Å². The predicted octanol–water partition coefficient (Wildman–Crippen LogP) is 6.01. The van der Waals surface area contributed by atoms with Gasteiger partial charge in [-0.15, -0.1) is 0 Å². The van der Waals surface area contributed by atoms with Crippen molar-refractivity contribution < 1.29 is 28.6 Å². The number of hydrogen-bond donors (Lipinski definition) is 0. The van der Waals surface area contributed by atoms with Gasteiger partial charge in [0.15, 0.2) is 0 Å². The van der Waals surface area contributed by atoms with Crippen molar-refractivity contribution in [1.29, 1.82) is 5.26 Å². The van der Waals surface area contributed by atoms with E-state index in [1.807, 2.05) is 43.3 Å². The van der Waals surface area contributed by atoms with Gasteiger partial charge in [0.25, 0.3) is 0 Å². The number of methoxy groups -OCH3 is 1. The average Bonchev–Trinajstić information content (AvgIpc) is 2.89. The van der Waals surface area contributed by atoms with E-state index in [-0.39, 0.29) is 17.9 Å². The molecule has 0 fully saturated rings. The molecule has 1 rings (SSSR count). The van der Waals surface area contributed by atoms with Crippen LogP contribution in [0.25, 0.3) is 6.08 Å². The number of benzene rings is 1. The van der Waals surface area contributed by atoms with Crippen LogP contribution in [0.5, 0.6) is 0 Å². The van der Waals surface area contributed by atoms with Crippen molar-refractivity contribution in [3.8, 4) is 6.07 Å². The minimum atomic E-state index is -0.359. The van der Waals surface area contributed by atoms with Gasteiger partial charge in [0.05, 0.1) is 26.4 Å². The van der Waals surface area contributed by atoms with Crippen molar-refractivity contribution in [2.75, 3.05) is 20.3 Å². The molecule has 0 aromatic heterocycles. The number of carbonyl (C=O) groups is 3. The standard InChI is InChI=1S/C8H8.C7H12O2.2C5H8O2.C3H3N/c1-2-8-6-4-3-5-7-8;1-3-5-6-9-7(8)4-2;1-4(2)5(6)7-3;1-3-5(6)7-4-2;1-2-3-4/h2-7H,1H2;4H,2-3,5-6H2,1H3;1H2,2-3H3;3H,1,4H2,2H3;2H,1H2. The Labute approximate surface area is 210 Å². The first kappa shape index (κ1) is 38.1. The van der Waals surface area contributed by atoms with E-state index < -0.39 is 0 Å².